The Kier molecular flexibility index (Phi) is 5.34. The first-order valence-electron chi connectivity index (χ1n) is 8.73. The minimum Gasteiger partial charge on any atom is -0.481 e. The molecule has 0 spiro atoms. The number of rotatable bonds is 4. The Hall–Kier alpha value is -1.99. The van der Waals surface area contributed by atoms with Crippen LogP contribution in [0.5, 0.6) is 5.88 Å². The van der Waals surface area contributed by atoms with Gasteiger partial charge in [0, 0.05) is 51.5 Å². The molecular weight excluding hydrogens is 330 g/mol. The van der Waals surface area contributed by atoms with Crippen molar-refractivity contribution in [2.45, 2.75) is 38.0 Å². The van der Waals surface area contributed by atoms with Gasteiger partial charge in [0.1, 0.15) is 12.1 Å². The van der Waals surface area contributed by atoms with E-state index in [9.17, 15) is 13.6 Å². The first-order valence-corrected chi connectivity index (χ1v) is 8.73. The predicted octanol–water partition coefficient (Wildman–Crippen LogP) is 2.35. The fourth-order valence-corrected chi connectivity index (χ4v) is 3.44. The Morgan fingerprint density at radius 1 is 1.24 bits per heavy atom. The molecule has 0 radical (unpaired) electrons. The SMILES string of the molecule is COc1cc(N2CCC(CC(=O)N3CCC(F)(F)CC3)CC2)ncn1. The van der Waals surface area contributed by atoms with Crippen LogP contribution in [0.25, 0.3) is 0 Å². The quantitative estimate of drug-likeness (QED) is 0.831. The third-order valence-electron chi connectivity index (χ3n) is 5.09. The molecular formula is C17H24F2N4O2. The number of aromatic nitrogens is 2. The lowest BCUT2D eigenvalue weighted by atomic mass is 9.92. The summed E-state index contributed by atoms with van der Waals surface area (Å²) >= 11 is 0. The molecule has 0 bridgehead atoms. The highest BCUT2D eigenvalue weighted by molar-refractivity contribution is 5.76. The number of amides is 1. The van der Waals surface area contributed by atoms with Crippen LogP contribution in [-0.2, 0) is 4.79 Å². The minimum absolute atomic E-state index is 0.0117. The summed E-state index contributed by atoms with van der Waals surface area (Å²) in [5, 5.41) is 0. The molecule has 0 N–H and O–H groups in total. The molecule has 8 heteroatoms. The van der Waals surface area contributed by atoms with Gasteiger partial charge in [-0.2, -0.15) is 0 Å². The molecule has 138 valence electrons. The van der Waals surface area contributed by atoms with Crippen molar-refractivity contribution in [2.24, 2.45) is 5.92 Å². The Morgan fingerprint density at radius 3 is 2.56 bits per heavy atom. The smallest absolute Gasteiger partial charge is 0.251 e. The maximum Gasteiger partial charge on any atom is 0.251 e. The third kappa shape index (κ3) is 4.55. The fraction of sp³-hybridized carbons (Fsp3) is 0.706. The highest BCUT2D eigenvalue weighted by atomic mass is 19.3. The molecule has 0 aliphatic carbocycles. The standard InChI is InChI=1S/C17H24F2N4O2/c1-25-15-11-14(20-12-21-15)22-6-2-13(3-7-22)10-16(24)23-8-4-17(18,19)5-9-23/h11-13H,2-10H2,1H3. The zero-order chi connectivity index (χ0) is 17.9. The molecule has 0 saturated carbocycles. The van der Waals surface area contributed by atoms with Crippen molar-refractivity contribution in [1.29, 1.82) is 0 Å². The van der Waals surface area contributed by atoms with Gasteiger partial charge in [-0.3, -0.25) is 4.79 Å². The molecule has 25 heavy (non-hydrogen) atoms. The van der Waals surface area contributed by atoms with E-state index in [1.54, 1.807) is 18.1 Å². The van der Waals surface area contributed by atoms with Crippen LogP contribution in [0, 0.1) is 5.92 Å². The van der Waals surface area contributed by atoms with Crippen LogP contribution in [0.3, 0.4) is 0 Å². The van der Waals surface area contributed by atoms with Gasteiger partial charge in [0.05, 0.1) is 7.11 Å². The molecule has 6 nitrogen and oxygen atoms in total. The second kappa shape index (κ2) is 7.49. The van der Waals surface area contributed by atoms with Crippen molar-refractivity contribution >= 4 is 11.7 Å². The first kappa shape index (κ1) is 17.8. The molecule has 2 saturated heterocycles. The average molecular weight is 354 g/mol. The molecule has 1 aromatic heterocycles. The predicted molar refractivity (Wildman–Crippen MR) is 88.9 cm³/mol. The van der Waals surface area contributed by atoms with Gasteiger partial charge in [-0.25, -0.2) is 18.7 Å². The molecule has 0 atom stereocenters. The van der Waals surface area contributed by atoms with Gasteiger partial charge in [0.15, 0.2) is 0 Å². The van der Waals surface area contributed by atoms with Gasteiger partial charge in [0.25, 0.3) is 5.92 Å². The van der Waals surface area contributed by atoms with Gasteiger partial charge in [-0.05, 0) is 18.8 Å². The van der Waals surface area contributed by atoms with E-state index in [1.165, 1.54) is 6.33 Å². The summed E-state index contributed by atoms with van der Waals surface area (Å²) in [5.41, 5.74) is 0. The maximum atomic E-state index is 13.2. The van der Waals surface area contributed by atoms with E-state index in [0.29, 0.717) is 18.2 Å². The van der Waals surface area contributed by atoms with Crippen LogP contribution in [0.1, 0.15) is 32.1 Å². The molecule has 3 heterocycles. The van der Waals surface area contributed by atoms with Crippen LogP contribution < -0.4 is 9.64 Å². The topological polar surface area (TPSA) is 58.6 Å². The molecule has 3 rings (SSSR count). The number of nitrogens with zero attached hydrogens (tertiary/aromatic N) is 4. The van der Waals surface area contributed by atoms with E-state index < -0.39 is 5.92 Å². The van der Waals surface area contributed by atoms with Crippen LogP contribution >= 0.6 is 0 Å². The molecule has 2 fully saturated rings. The van der Waals surface area contributed by atoms with Crippen LogP contribution in [0.2, 0.25) is 0 Å². The summed E-state index contributed by atoms with van der Waals surface area (Å²) in [7, 11) is 1.57. The Morgan fingerprint density at radius 2 is 1.92 bits per heavy atom. The third-order valence-corrected chi connectivity index (χ3v) is 5.09. The number of halogens is 2. The van der Waals surface area contributed by atoms with Gasteiger partial charge in [-0.1, -0.05) is 0 Å². The maximum absolute atomic E-state index is 13.2. The van der Waals surface area contributed by atoms with E-state index in [2.05, 4.69) is 14.9 Å². The summed E-state index contributed by atoms with van der Waals surface area (Å²) in [5.74, 6) is -0.938. The van der Waals surface area contributed by atoms with Crippen molar-refractivity contribution in [3.63, 3.8) is 0 Å². The molecule has 0 unspecified atom stereocenters. The van der Waals surface area contributed by atoms with E-state index >= 15 is 0 Å². The summed E-state index contributed by atoms with van der Waals surface area (Å²) in [6, 6.07) is 1.80. The van der Waals surface area contributed by atoms with Gasteiger partial charge in [0.2, 0.25) is 11.8 Å². The number of ether oxygens (including phenoxy) is 1. The van der Waals surface area contributed by atoms with E-state index in [4.69, 9.17) is 4.74 Å². The molecule has 1 amide bonds. The van der Waals surface area contributed by atoms with E-state index in [0.717, 1.165) is 31.7 Å². The second-order valence-electron chi connectivity index (χ2n) is 6.79. The number of piperidine rings is 2. The monoisotopic (exact) mass is 354 g/mol. The summed E-state index contributed by atoms with van der Waals surface area (Å²) in [6.07, 6.45) is 3.28. The van der Waals surface area contributed by atoms with Crippen LogP contribution in [0.4, 0.5) is 14.6 Å². The van der Waals surface area contributed by atoms with Gasteiger partial charge in [-0.15, -0.1) is 0 Å². The van der Waals surface area contributed by atoms with E-state index in [-0.39, 0.29) is 31.8 Å². The Bertz CT molecular complexity index is 596. The average Bonchev–Trinajstić information content (AvgIpc) is 2.62. The van der Waals surface area contributed by atoms with Crippen molar-refractivity contribution in [3.05, 3.63) is 12.4 Å². The Labute approximate surface area is 146 Å². The second-order valence-corrected chi connectivity index (χ2v) is 6.79. The number of anilines is 1. The number of likely N-dealkylation sites (tertiary alicyclic amines) is 1. The lowest BCUT2D eigenvalue weighted by molar-refractivity contribution is -0.138. The normalized spacial score (nSPS) is 21.2. The number of hydrogen-bond donors (Lipinski definition) is 0. The summed E-state index contributed by atoms with van der Waals surface area (Å²) in [6.45, 7) is 1.98. The van der Waals surface area contributed by atoms with Crippen molar-refractivity contribution in [2.75, 3.05) is 38.2 Å². The number of hydrogen-bond acceptors (Lipinski definition) is 5. The number of carbonyl (C=O) groups is 1. The fourth-order valence-electron chi connectivity index (χ4n) is 3.44. The number of carbonyl (C=O) groups excluding carboxylic acids is 1. The molecule has 2 aliphatic heterocycles. The summed E-state index contributed by atoms with van der Waals surface area (Å²) < 4.78 is 31.5. The largest absolute Gasteiger partial charge is 0.481 e. The zero-order valence-corrected chi connectivity index (χ0v) is 14.5. The number of methoxy groups -OCH3 is 1. The molecule has 2 aliphatic rings. The van der Waals surface area contributed by atoms with Crippen LogP contribution in [0.15, 0.2) is 12.4 Å². The first-order chi connectivity index (χ1) is 12.0. The molecule has 0 aromatic carbocycles. The Balaban J connectivity index is 1.47. The highest BCUT2D eigenvalue weighted by Crippen LogP contribution is 2.30. The lowest BCUT2D eigenvalue weighted by Crippen LogP contribution is -2.44. The highest BCUT2D eigenvalue weighted by Gasteiger charge is 2.36. The van der Waals surface area contributed by atoms with Crippen LogP contribution in [-0.4, -0.2) is 60.0 Å². The van der Waals surface area contributed by atoms with Crippen molar-refractivity contribution < 1.29 is 18.3 Å². The van der Waals surface area contributed by atoms with Crippen molar-refractivity contribution in [3.8, 4) is 5.88 Å². The van der Waals surface area contributed by atoms with Gasteiger partial charge >= 0.3 is 0 Å². The number of alkyl halides is 2. The zero-order valence-electron chi connectivity index (χ0n) is 14.5. The minimum atomic E-state index is -2.61. The lowest BCUT2D eigenvalue weighted by Gasteiger charge is -2.35. The van der Waals surface area contributed by atoms with Crippen molar-refractivity contribution in [1.82, 2.24) is 14.9 Å². The van der Waals surface area contributed by atoms with Gasteiger partial charge < -0.3 is 14.5 Å². The summed E-state index contributed by atoms with van der Waals surface area (Å²) in [4.78, 5) is 24.4. The molecule has 1 aromatic rings. The van der Waals surface area contributed by atoms with E-state index in [1.807, 2.05) is 0 Å².